The molecule has 0 aliphatic carbocycles. The molecule has 1 fully saturated rings. The number of nitrogens with two attached hydrogens (primary N) is 1. The fourth-order valence-corrected chi connectivity index (χ4v) is 1.24. The first-order chi connectivity index (χ1) is 5.72. The minimum absolute atomic E-state index is 0.117. The van der Waals surface area contributed by atoms with Crippen LogP contribution in [-0.4, -0.2) is 24.8 Å². The van der Waals surface area contributed by atoms with E-state index in [0.29, 0.717) is 6.54 Å². The van der Waals surface area contributed by atoms with Crippen molar-refractivity contribution >= 4 is 6.09 Å². The summed E-state index contributed by atoms with van der Waals surface area (Å²) >= 11 is 0. The summed E-state index contributed by atoms with van der Waals surface area (Å²) in [7, 11) is 0. The zero-order valence-electron chi connectivity index (χ0n) is 6.96. The van der Waals surface area contributed by atoms with Crippen LogP contribution in [0.25, 0.3) is 0 Å². The Balaban J connectivity index is 2.33. The van der Waals surface area contributed by atoms with Crippen molar-refractivity contribution in [2.45, 2.75) is 25.5 Å². The van der Waals surface area contributed by atoms with E-state index in [0.717, 1.165) is 6.42 Å². The fraction of sp³-hybridized carbons (Fsp3) is 0.625. The van der Waals surface area contributed by atoms with Crippen LogP contribution in [0.3, 0.4) is 0 Å². The lowest BCUT2D eigenvalue weighted by Crippen LogP contribution is -2.24. The van der Waals surface area contributed by atoms with Crippen LogP contribution in [-0.2, 0) is 4.74 Å². The van der Waals surface area contributed by atoms with E-state index in [2.05, 4.69) is 17.2 Å². The summed E-state index contributed by atoms with van der Waals surface area (Å²) in [5.74, 6) is 5.75. The van der Waals surface area contributed by atoms with Crippen molar-refractivity contribution in [3.8, 4) is 11.8 Å². The van der Waals surface area contributed by atoms with Gasteiger partial charge in [-0.3, -0.25) is 5.32 Å². The summed E-state index contributed by atoms with van der Waals surface area (Å²) < 4.78 is 4.80. The Morgan fingerprint density at radius 3 is 3.08 bits per heavy atom. The summed E-state index contributed by atoms with van der Waals surface area (Å²) in [6.07, 6.45) is -0.107. The molecule has 1 heterocycles. The van der Waals surface area contributed by atoms with Crippen molar-refractivity contribution in [2.75, 3.05) is 6.54 Å². The van der Waals surface area contributed by atoms with Crippen LogP contribution in [0, 0.1) is 11.8 Å². The molecule has 0 saturated carbocycles. The van der Waals surface area contributed by atoms with E-state index in [1.54, 1.807) is 6.92 Å². The van der Waals surface area contributed by atoms with E-state index in [1.165, 1.54) is 0 Å². The summed E-state index contributed by atoms with van der Waals surface area (Å²) in [5.41, 5.74) is 4.87. The number of amides is 1. The zero-order chi connectivity index (χ0) is 8.97. The lowest BCUT2D eigenvalue weighted by molar-refractivity contribution is 0.116. The van der Waals surface area contributed by atoms with E-state index < -0.39 is 6.09 Å². The molecule has 0 radical (unpaired) electrons. The minimum atomic E-state index is -0.716. The van der Waals surface area contributed by atoms with E-state index in [4.69, 9.17) is 10.5 Å². The van der Waals surface area contributed by atoms with Crippen molar-refractivity contribution < 1.29 is 9.53 Å². The van der Waals surface area contributed by atoms with Crippen LogP contribution in [0.15, 0.2) is 0 Å². The molecule has 0 aromatic rings. The third-order valence-electron chi connectivity index (χ3n) is 1.69. The highest BCUT2D eigenvalue weighted by Crippen LogP contribution is 2.09. The average Bonchev–Trinajstić information content (AvgIpc) is 2.36. The van der Waals surface area contributed by atoms with Crippen LogP contribution in [0.2, 0.25) is 0 Å². The van der Waals surface area contributed by atoms with Gasteiger partial charge in [0.15, 0.2) is 0 Å². The first kappa shape index (κ1) is 8.88. The van der Waals surface area contributed by atoms with Gasteiger partial charge >= 0.3 is 6.09 Å². The standard InChI is InChI=1S/C8H12N2O2/c1-2-3-6-4-7(5-10-6)12-8(9)11/h6-7,10H,4-5H2,1H3,(H2,9,11). The molecule has 3 N–H and O–H groups in total. The van der Waals surface area contributed by atoms with Crippen LogP contribution in [0.5, 0.6) is 0 Å². The molecule has 1 aliphatic heterocycles. The second-order valence-corrected chi connectivity index (χ2v) is 2.65. The molecular weight excluding hydrogens is 156 g/mol. The van der Waals surface area contributed by atoms with Crippen molar-refractivity contribution in [3.05, 3.63) is 0 Å². The van der Waals surface area contributed by atoms with Crippen LogP contribution >= 0.6 is 0 Å². The van der Waals surface area contributed by atoms with Gasteiger partial charge in [-0.2, -0.15) is 0 Å². The molecular formula is C8H12N2O2. The van der Waals surface area contributed by atoms with Gasteiger partial charge in [-0.15, -0.1) is 5.92 Å². The predicted molar refractivity (Wildman–Crippen MR) is 44.3 cm³/mol. The summed E-state index contributed by atoms with van der Waals surface area (Å²) in [4.78, 5) is 10.4. The van der Waals surface area contributed by atoms with Crippen LogP contribution in [0.4, 0.5) is 4.79 Å². The van der Waals surface area contributed by atoms with E-state index in [-0.39, 0.29) is 12.1 Å². The maximum atomic E-state index is 10.4. The fourth-order valence-electron chi connectivity index (χ4n) is 1.24. The minimum Gasteiger partial charge on any atom is -0.445 e. The maximum Gasteiger partial charge on any atom is 0.404 e. The van der Waals surface area contributed by atoms with Crippen molar-refractivity contribution in [1.82, 2.24) is 5.32 Å². The van der Waals surface area contributed by atoms with Crippen molar-refractivity contribution in [3.63, 3.8) is 0 Å². The molecule has 1 aliphatic rings. The SMILES string of the molecule is CC#CC1CC(OC(N)=O)CN1. The van der Waals surface area contributed by atoms with Gasteiger partial charge in [0.1, 0.15) is 6.10 Å². The largest absolute Gasteiger partial charge is 0.445 e. The Labute approximate surface area is 71.5 Å². The second-order valence-electron chi connectivity index (χ2n) is 2.65. The van der Waals surface area contributed by atoms with E-state index in [1.807, 2.05) is 0 Å². The highest BCUT2D eigenvalue weighted by molar-refractivity contribution is 5.64. The van der Waals surface area contributed by atoms with E-state index >= 15 is 0 Å². The third-order valence-corrected chi connectivity index (χ3v) is 1.69. The number of hydrogen-bond acceptors (Lipinski definition) is 3. The molecule has 4 heteroatoms. The lowest BCUT2D eigenvalue weighted by atomic mass is 10.2. The Morgan fingerprint density at radius 1 is 1.75 bits per heavy atom. The Bertz CT molecular complexity index is 229. The second kappa shape index (κ2) is 3.98. The number of carbonyl (C=O) groups excluding carboxylic acids is 1. The Kier molecular flexibility index (Phi) is 2.94. The van der Waals surface area contributed by atoms with Gasteiger partial charge in [0.05, 0.1) is 6.04 Å². The summed E-state index contributed by atoms with van der Waals surface area (Å²) in [6, 6.07) is 0.138. The predicted octanol–water partition coefficient (Wildman–Crippen LogP) is -0.165. The molecule has 66 valence electrons. The zero-order valence-corrected chi connectivity index (χ0v) is 6.96. The molecule has 12 heavy (non-hydrogen) atoms. The normalized spacial score (nSPS) is 27.4. The number of hydrogen-bond donors (Lipinski definition) is 2. The van der Waals surface area contributed by atoms with Gasteiger partial charge in [-0.25, -0.2) is 4.79 Å². The molecule has 4 nitrogen and oxygen atoms in total. The van der Waals surface area contributed by atoms with Gasteiger partial charge in [-0.1, -0.05) is 5.92 Å². The first-order valence-electron chi connectivity index (χ1n) is 3.84. The molecule has 0 spiro atoms. The van der Waals surface area contributed by atoms with E-state index in [9.17, 15) is 4.79 Å². The molecule has 2 atom stereocenters. The first-order valence-corrected chi connectivity index (χ1v) is 3.84. The quantitative estimate of drug-likeness (QED) is 0.534. The number of nitrogens with one attached hydrogen (secondary N) is 1. The van der Waals surface area contributed by atoms with Gasteiger partial charge < -0.3 is 10.5 Å². The number of primary amides is 1. The van der Waals surface area contributed by atoms with Gasteiger partial charge in [-0.05, 0) is 6.92 Å². The van der Waals surface area contributed by atoms with Gasteiger partial charge in [0.2, 0.25) is 0 Å². The van der Waals surface area contributed by atoms with Crippen molar-refractivity contribution in [2.24, 2.45) is 5.73 Å². The molecule has 0 aromatic heterocycles. The number of rotatable bonds is 1. The molecule has 1 saturated heterocycles. The summed E-state index contributed by atoms with van der Waals surface area (Å²) in [6.45, 7) is 2.42. The molecule has 1 amide bonds. The van der Waals surface area contributed by atoms with Crippen LogP contribution in [0.1, 0.15) is 13.3 Å². The third kappa shape index (κ3) is 2.44. The van der Waals surface area contributed by atoms with Crippen LogP contribution < -0.4 is 11.1 Å². The molecule has 0 bridgehead atoms. The van der Waals surface area contributed by atoms with Crippen molar-refractivity contribution in [1.29, 1.82) is 0 Å². The smallest absolute Gasteiger partial charge is 0.404 e. The number of carbonyl (C=O) groups is 1. The number of ether oxygens (including phenoxy) is 1. The van der Waals surface area contributed by atoms with Gasteiger partial charge in [0, 0.05) is 13.0 Å². The summed E-state index contributed by atoms with van der Waals surface area (Å²) in [5, 5.41) is 3.11. The van der Waals surface area contributed by atoms with Gasteiger partial charge in [0.25, 0.3) is 0 Å². The highest BCUT2D eigenvalue weighted by atomic mass is 16.6. The Morgan fingerprint density at radius 2 is 2.50 bits per heavy atom. The maximum absolute atomic E-state index is 10.4. The molecule has 2 unspecified atom stereocenters. The monoisotopic (exact) mass is 168 g/mol. The average molecular weight is 168 g/mol. The molecule has 1 rings (SSSR count). The Hall–Kier alpha value is -1.21. The lowest BCUT2D eigenvalue weighted by Gasteiger charge is -2.06. The molecule has 0 aromatic carbocycles. The topological polar surface area (TPSA) is 64.3 Å². The highest BCUT2D eigenvalue weighted by Gasteiger charge is 2.24.